The molecule has 2 aromatic rings. The zero-order valence-electron chi connectivity index (χ0n) is 11.5. The van der Waals surface area contributed by atoms with Gasteiger partial charge >= 0.3 is 0 Å². The van der Waals surface area contributed by atoms with Crippen LogP contribution in [-0.4, -0.2) is 23.1 Å². The molecule has 20 heavy (non-hydrogen) atoms. The highest BCUT2D eigenvalue weighted by molar-refractivity contribution is 5.73. The van der Waals surface area contributed by atoms with E-state index in [2.05, 4.69) is 44.5 Å². The molecule has 0 saturated carbocycles. The molecule has 2 aliphatic rings. The van der Waals surface area contributed by atoms with E-state index in [0.717, 1.165) is 31.1 Å². The zero-order chi connectivity index (χ0) is 13.4. The van der Waals surface area contributed by atoms with Crippen LogP contribution in [-0.2, 0) is 6.42 Å². The summed E-state index contributed by atoms with van der Waals surface area (Å²) in [5.41, 5.74) is 3.74. The fourth-order valence-corrected chi connectivity index (χ4v) is 3.17. The Balaban J connectivity index is 1.74. The van der Waals surface area contributed by atoms with Crippen LogP contribution in [0.25, 0.3) is 0 Å². The highest BCUT2D eigenvalue weighted by atomic mass is 15.2. The Morgan fingerprint density at radius 1 is 1.00 bits per heavy atom. The van der Waals surface area contributed by atoms with Crippen molar-refractivity contribution in [1.29, 1.82) is 0 Å². The third kappa shape index (κ3) is 1.92. The molecular weight excluding hydrogens is 248 g/mol. The van der Waals surface area contributed by atoms with Crippen LogP contribution in [0.2, 0.25) is 0 Å². The molecule has 0 radical (unpaired) electrons. The van der Waals surface area contributed by atoms with Gasteiger partial charge in [-0.1, -0.05) is 18.2 Å². The maximum Gasteiger partial charge on any atom is 0.139 e. The predicted octanol–water partition coefficient (Wildman–Crippen LogP) is 3.11. The number of para-hydroxylation sites is 1. The van der Waals surface area contributed by atoms with Crippen molar-refractivity contribution < 1.29 is 0 Å². The van der Waals surface area contributed by atoms with Gasteiger partial charge in [0.15, 0.2) is 0 Å². The summed E-state index contributed by atoms with van der Waals surface area (Å²) >= 11 is 0. The van der Waals surface area contributed by atoms with Crippen molar-refractivity contribution in [1.82, 2.24) is 9.97 Å². The number of hydrogen-bond acceptors (Lipinski definition) is 4. The molecule has 3 heterocycles. The summed E-state index contributed by atoms with van der Waals surface area (Å²) in [4.78, 5) is 11.4. The van der Waals surface area contributed by atoms with Crippen LogP contribution in [0.15, 0.2) is 30.6 Å². The summed E-state index contributed by atoms with van der Waals surface area (Å²) in [7, 11) is 0. The van der Waals surface area contributed by atoms with Crippen LogP contribution in [0.4, 0.5) is 17.3 Å². The SMILES string of the molecule is c1ccc2c(c1)Cc1c(ncnc1N1CCCCC1)N2. The monoisotopic (exact) mass is 266 g/mol. The first-order valence-electron chi connectivity index (χ1n) is 7.35. The van der Waals surface area contributed by atoms with Crippen LogP contribution in [0.1, 0.15) is 30.4 Å². The molecule has 0 amide bonds. The molecule has 0 spiro atoms. The van der Waals surface area contributed by atoms with E-state index in [1.165, 1.54) is 36.1 Å². The van der Waals surface area contributed by atoms with Crippen LogP contribution in [0.5, 0.6) is 0 Å². The first-order chi connectivity index (χ1) is 9.92. The highest BCUT2D eigenvalue weighted by Gasteiger charge is 2.23. The average molecular weight is 266 g/mol. The van der Waals surface area contributed by atoms with Crippen molar-refractivity contribution in [3.8, 4) is 0 Å². The fourth-order valence-electron chi connectivity index (χ4n) is 3.17. The minimum absolute atomic E-state index is 0.922. The second-order valence-corrected chi connectivity index (χ2v) is 5.53. The van der Waals surface area contributed by atoms with Gasteiger partial charge in [-0.2, -0.15) is 0 Å². The molecule has 1 aromatic heterocycles. The Bertz CT molecular complexity index is 632. The maximum absolute atomic E-state index is 4.56. The van der Waals surface area contributed by atoms with E-state index >= 15 is 0 Å². The zero-order valence-corrected chi connectivity index (χ0v) is 11.5. The largest absolute Gasteiger partial charge is 0.356 e. The molecule has 0 bridgehead atoms. The fraction of sp³-hybridized carbons (Fsp3) is 0.375. The number of piperidine rings is 1. The summed E-state index contributed by atoms with van der Waals surface area (Å²) in [6, 6.07) is 8.44. The lowest BCUT2D eigenvalue weighted by atomic mass is 9.99. The second kappa shape index (κ2) is 4.78. The van der Waals surface area contributed by atoms with Crippen LogP contribution in [0, 0.1) is 0 Å². The molecule has 4 heteroatoms. The minimum atomic E-state index is 0.922. The molecule has 4 nitrogen and oxygen atoms in total. The van der Waals surface area contributed by atoms with Crippen LogP contribution < -0.4 is 10.2 Å². The van der Waals surface area contributed by atoms with E-state index in [-0.39, 0.29) is 0 Å². The minimum Gasteiger partial charge on any atom is -0.356 e. The third-order valence-corrected chi connectivity index (χ3v) is 4.22. The average Bonchev–Trinajstić information content (AvgIpc) is 2.53. The van der Waals surface area contributed by atoms with Crippen LogP contribution in [0.3, 0.4) is 0 Å². The van der Waals surface area contributed by atoms with Crippen molar-refractivity contribution in [3.63, 3.8) is 0 Å². The van der Waals surface area contributed by atoms with E-state index in [9.17, 15) is 0 Å². The lowest BCUT2D eigenvalue weighted by Gasteiger charge is -2.31. The Hall–Kier alpha value is -2.10. The molecule has 0 unspecified atom stereocenters. The lowest BCUT2D eigenvalue weighted by molar-refractivity contribution is 0.571. The standard InChI is InChI=1S/C16H18N4/c1-4-8-20(9-5-1)16-13-10-12-6-2-3-7-14(12)19-15(13)17-11-18-16/h2-3,6-7,11H,1,4-5,8-10H2,(H,17,18,19). The van der Waals surface area contributed by atoms with Gasteiger partial charge in [-0.05, 0) is 30.9 Å². The van der Waals surface area contributed by atoms with Gasteiger partial charge in [-0.15, -0.1) is 0 Å². The molecule has 0 atom stereocenters. The Kier molecular flexibility index (Phi) is 2.80. The van der Waals surface area contributed by atoms with Gasteiger partial charge in [-0.3, -0.25) is 0 Å². The number of fused-ring (bicyclic) bond motifs is 2. The predicted molar refractivity (Wildman–Crippen MR) is 80.6 cm³/mol. The first-order valence-corrected chi connectivity index (χ1v) is 7.35. The van der Waals surface area contributed by atoms with Crippen molar-refractivity contribution >= 4 is 17.3 Å². The van der Waals surface area contributed by atoms with Gasteiger partial charge in [-0.25, -0.2) is 9.97 Å². The Labute approximate surface area is 118 Å². The van der Waals surface area contributed by atoms with E-state index < -0.39 is 0 Å². The van der Waals surface area contributed by atoms with E-state index in [0.29, 0.717) is 0 Å². The third-order valence-electron chi connectivity index (χ3n) is 4.22. The van der Waals surface area contributed by atoms with E-state index in [1.54, 1.807) is 6.33 Å². The summed E-state index contributed by atoms with van der Waals surface area (Å²) in [6.45, 7) is 2.23. The van der Waals surface area contributed by atoms with Crippen molar-refractivity contribution in [2.75, 3.05) is 23.3 Å². The molecule has 1 fully saturated rings. The number of benzene rings is 1. The van der Waals surface area contributed by atoms with Gasteiger partial charge in [0.05, 0.1) is 0 Å². The van der Waals surface area contributed by atoms with Gasteiger partial charge in [0.25, 0.3) is 0 Å². The number of nitrogens with one attached hydrogen (secondary N) is 1. The van der Waals surface area contributed by atoms with Crippen molar-refractivity contribution in [2.24, 2.45) is 0 Å². The topological polar surface area (TPSA) is 41.1 Å². The quantitative estimate of drug-likeness (QED) is 0.734. The summed E-state index contributed by atoms with van der Waals surface area (Å²) in [6.07, 6.45) is 6.48. The number of aromatic nitrogens is 2. The molecule has 2 aliphatic heterocycles. The van der Waals surface area contributed by atoms with Gasteiger partial charge in [0.1, 0.15) is 18.0 Å². The number of nitrogens with zero attached hydrogens (tertiary/aromatic N) is 3. The molecule has 1 aromatic carbocycles. The molecule has 1 N–H and O–H groups in total. The number of anilines is 3. The number of hydrogen-bond donors (Lipinski definition) is 1. The smallest absolute Gasteiger partial charge is 0.139 e. The van der Waals surface area contributed by atoms with Gasteiger partial charge in [0.2, 0.25) is 0 Å². The Morgan fingerprint density at radius 2 is 1.85 bits per heavy atom. The first kappa shape index (κ1) is 11.7. The Morgan fingerprint density at radius 3 is 2.75 bits per heavy atom. The molecule has 4 rings (SSSR count). The van der Waals surface area contributed by atoms with E-state index in [4.69, 9.17) is 0 Å². The molecule has 102 valence electrons. The van der Waals surface area contributed by atoms with Crippen LogP contribution >= 0.6 is 0 Å². The van der Waals surface area contributed by atoms with E-state index in [1.807, 2.05) is 0 Å². The van der Waals surface area contributed by atoms with Gasteiger partial charge < -0.3 is 10.2 Å². The summed E-state index contributed by atoms with van der Waals surface area (Å²) < 4.78 is 0. The lowest BCUT2D eigenvalue weighted by Crippen LogP contribution is -2.31. The summed E-state index contributed by atoms with van der Waals surface area (Å²) in [5.74, 6) is 2.09. The van der Waals surface area contributed by atoms with Crippen molar-refractivity contribution in [2.45, 2.75) is 25.7 Å². The van der Waals surface area contributed by atoms with Gasteiger partial charge in [0, 0.05) is 30.8 Å². The highest BCUT2D eigenvalue weighted by Crippen LogP contribution is 2.35. The second-order valence-electron chi connectivity index (χ2n) is 5.53. The maximum atomic E-state index is 4.56. The normalized spacial score (nSPS) is 17.1. The summed E-state index contributed by atoms with van der Waals surface area (Å²) in [5, 5.41) is 3.44. The molecule has 0 aliphatic carbocycles. The van der Waals surface area contributed by atoms with Crippen molar-refractivity contribution in [3.05, 3.63) is 41.7 Å². The molecule has 1 saturated heterocycles. The molecular formula is C16H18N4. The number of rotatable bonds is 1.